The number of rotatable bonds is 6. The first-order valence-corrected chi connectivity index (χ1v) is 10.5. The first-order valence-electron chi connectivity index (χ1n) is 10.5. The van der Waals surface area contributed by atoms with Crippen molar-refractivity contribution in [2.75, 3.05) is 24.5 Å². The van der Waals surface area contributed by atoms with Gasteiger partial charge in [-0.25, -0.2) is 0 Å². The zero-order valence-corrected chi connectivity index (χ0v) is 16.9. The summed E-state index contributed by atoms with van der Waals surface area (Å²) in [6, 6.07) is 9.74. The van der Waals surface area contributed by atoms with E-state index in [1.807, 2.05) is 35.2 Å². The average Bonchev–Trinajstić information content (AvgIpc) is 3.13. The second-order valence-corrected chi connectivity index (χ2v) is 7.86. The maximum absolute atomic E-state index is 12.9. The second kappa shape index (κ2) is 9.22. The van der Waals surface area contributed by atoms with Crippen LogP contribution in [0, 0.1) is 11.8 Å². The Hall–Kier alpha value is -2.37. The minimum absolute atomic E-state index is 0.00369. The summed E-state index contributed by atoms with van der Waals surface area (Å²) in [6.45, 7) is 5.79. The first kappa shape index (κ1) is 20.4. The Labute approximate surface area is 167 Å². The van der Waals surface area contributed by atoms with Gasteiger partial charge in [-0.2, -0.15) is 0 Å². The quantitative estimate of drug-likeness (QED) is 0.818. The fraction of sp³-hybridized carbons (Fsp3) is 0.591. The van der Waals surface area contributed by atoms with Crippen LogP contribution in [0.3, 0.4) is 0 Å². The Morgan fingerprint density at radius 2 is 1.71 bits per heavy atom. The molecule has 1 atom stereocenters. The average molecular weight is 386 g/mol. The van der Waals surface area contributed by atoms with Crippen molar-refractivity contribution in [2.24, 2.45) is 11.8 Å². The van der Waals surface area contributed by atoms with Crippen molar-refractivity contribution in [3.63, 3.8) is 0 Å². The molecule has 0 spiro atoms. The Balaban J connectivity index is 1.52. The molecular weight excluding hydrogens is 354 g/mol. The van der Waals surface area contributed by atoms with E-state index in [1.54, 1.807) is 4.90 Å². The molecule has 2 fully saturated rings. The Bertz CT molecular complexity index is 694. The third-order valence-electron chi connectivity index (χ3n) is 6.05. The number of nitrogens with one attached hydrogen (secondary N) is 1. The monoisotopic (exact) mass is 385 g/mol. The molecule has 6 nitrogen and oxygen atoms in total. The highest BCUT2D eigenvalue weighted by Gasteiger charge is 2.38. The normalized spacial score (nSPS) is 20.7. The maximum atomic E-state index is 12.9. The lowest BCUT2D eigenvalue weighted by molar-refractivity contribution is -0.139. The van der Waals surface area contributed by atoms with Crippen LogP contribution in [0.5, 0.6) is 0 Å². The van der Waals surface area contributed by atoms with Crippen LogP contribution in [-0.4, -0.2) is 48.3 Å². The van der Waals surface area contributed by atoms with Gasteiger partial charge in [-0.3, -0.25) is 14.4 Å². The highest BCUT2D eigenvalue weighted by molar-refractivity contribution is 6.00. The first-order chi connectivity index (χ1) is 13.5. The smallest absolute Gasteiger partial charge is 0.228 e. The molecule has 0 unspecified atom stereocenters. The number of hydrogen-bond acceptors (Lipinski definition) is 3. The Morgan fingerprint density at radius 1 is 1.07 bits per heavy atom. The van der Waals surface area contributed by atoms with Gasteiger partial charge in [0.15, 0.2) is 0 Å². The molecule has 1 aromatic carbocycles. The van der Waals surface area contributed by atoms with Gasteiger partial charge in [-0.05, 0) is 37.8 Å². The van der Waals surface area contributed by atoms with Crippen molar-refractivity contribution in [1.82, 2.24) is 10.2 Å². The predicted octanol–water partition coefficient (Wildman–Crippen LogP) is 2.58. The number of amides is 3. The highest BCUT2D eigenvalue weighted by atomic mass is 16.2. The molecule has 152 valence electrons. The van der Waals surface area contributed by atoms with Gasteiger partial charge in [0.05, 0.1) is 5.92 Å². The minimum atomic E-state index is -0.289. The molecule has 0 bridgehead atoms. The molecule has 2 saturated heterocycles. The van der Waals surface area contributed by atoms with Gasteiger partial charge in [-0.1, -0.05) is 32.0 Å². The predicted molar refractivity (Wildman–Crippen MR) is 109 cm³/mol. The third-order valence-corrected chi connectivity index (χ3v) is 6.05. The molecule has 1 N–H and O–H groups in total. The molecule has 2 aliphatic heterocycles. The summed E-state index contributed by atoms with van der Waals surface area (Å²) in [4.78, 5) is 41.3. The molecule has 0 aromatic heterocycles. The van der Waals surface area contributed by atoms with Crippen molar-refractivity contribution in [3.8, 4) is 0 Å². The molecule has 1 aromatic rings. The SMILES string of the molecule is CCC(CC)NC(=O)C1CCN(C(=O)[C@@H]2CC(=O)N(c3ccccc3)C2)CC1. The van der Waals surface area contributed by atoms with E-state index in [4.69, 9.17) is 0 Å². The fourth-order valence-electron chi connectivity index (χ4n) is 4.16. The van der Waals surface area contributed by atoms with Crippen molar-refractivity contribution in [2.45, 2.75) is 52.0 Å². The van der Waals surface area contributed by atoms with Crippen molar-refractivity contribution in [3.05, 3.63) is 30.3 Å². The van der Waals surface area contributed by atoms with Gasteiger partial charge in [0, 0.05) is 43.7 Å². The van der Waals surface area contributed by atoms with Crippen molar-refractivity contribution >= 4 is 23.4 Å². The fourth-order valence-corrected chi connectivity index (χ4v) is 4.16. The molecule has 2 heterocycles. The van der Waals surface area contributed by atoms with Gasteiger partial charge in [-0.15, -0.1) is 0 Å². The van der Waals surface area contributed by atoms with Gasteiger partial charge < -0.3 is 15.1 Å². The number of piperidine rings is 1. The van der Waals surface area contributed by atoms with Gasteiger partial charge in [0.1, 0.15) is 0 Å². The molecule has 3 amide bonds. The summed E-state index contributed by atoms with van der Waals surface area (Å²) in [6.07, 6.45) is 3.53. The number of hydrogen-bond donors (Lipinski definition) is 1. The van der Waals surface area contributed by atoms with Crippen LogP contribution < -0.4 is 10.2 Å². The van der Waals surface area contributed by atoms with Crippen LogP contribution in [0.1, 0.15) is 46.0 Å². The molecule has 0 radical (unpaired) electrons. The van der Waals surface area contributed by atoms with Gasteiger partial charge in [0.2, 0.25) is 17.7 Å². The lowest BCUT2D eigenvalue weighted by Gasteiger charge is -2.33. The largest absolute Gasteiger partial charge is 0.353 e. The summed E-state index contributed by atoms with van der Waals surface area (Å²) in [5, 5.41) is 3.12. The van der Waals surface area contributed by atoms with E-state index in [9.17, 15) is 14.4 Å². The van der Waals surface area contributed by atoms with Crippen LogP contribution in [0.25, 0.3) is 0 Å². The number of nitrogens with zero attached hydrogens (tertiary/aromatic N) is 2. The summed E-state index contributed by atoms with van der Waals surface area (Å²) in [7, 11) is 0. The standard InChI is InChI=1S/C22H31N3O3/c1-3-18(4-2)23-21(27)16-10-12-24(13-11-16)22(28)17-14-20(26)25(15-17)19-8-6-5-7-9-19/h5-9,16-18H,3-4,10-15H2,1-2H3,(H,23,27)/t17-/m1/s1. The van der Waals surface area contributed by atoms with Crippen LogP contribution in [-0.2, 0) is 14.4 Å². The molecule has 6 heteroatoms. The molecule has 3 rings (SSSR count). The number of anilines is 1. The van der Waals surface area contributed by atoms with E-state index >= 15 is 0 Å². The van der Waals surface area contributed by atoms with E-state index in [2.05, 4.69) is 19.2 Å². The number of carbonyl (C=O) groups excluding carboxylic acids is 3. The van der Waals surface area contributed by atoms with E-state index in [0.29, 0.717) is 32.5 Å². The second-order valence-electron chi connectivity index (χ2n) is 7.86. The maximum Gasteiger partial charge on any atom is 0.228 e. The Kier molecular flexibility index (Phi) is 6.70. The lowest BCUT2D eigenvalue weighted by Crippen LogP contribution is -2.46. The third kappa shape index (κ3) is 4.54. The topological polar surface area (TPSA) is 69.7 Å². The van der Waals surface area contributed by atoms with E-state index in [1.165, 1.54) is 0 Å². The Morgan fingerprint density at radius 3 is 2.32 bits per heavy atom. The van der Waals surface area contributed by atoms with E-state index < -0.39 is 0 Å². The van der Waals surface area contributed by atoms with Crippen molar-refractivity contribution < 1.29 is 14.4 Å². The summed E-state index contributed by atoms with van der Waals surface area (Å²) < 4.78 is 0. The van der Waals surface area contributed by atoms with Gasteiger partial charge in [0.25, 0.3) is 0 Å². The van der Waals surface area contributed by atoms with Crippen LogP contribution in [0.15, 0.2) is 30.3 Å². The number of benzene rings is 1. The number of likely N-dealkylation sites (tertiary alicyclic amines) is 1. The van der Waals surface area contributed by atoms with Crippen LogP contribution in [0.4, 0.5) is 5.69 Å². The molecule has 0 aliphatic carbocycles. The molecule has 28 heavy (non-hydrogen) atoms. The molecule has 0 saturated carbocycles. The number of para-hydroxylation sites is 1. The zero-order valence-electron chi connectivity index (χ0n) is 16.9. The van der Waals surface area contributed by atoms with E-state index in [-0.39, 0.29) is 42.0 Å². The minimum Gasteiger partial charge on any atom is -0.353 e. The number of carbonyl (C=O) groups is 3. The van der Waals surface area contributed by atoms with E-state index in [0.717, 1.165) is 18.5 Å². The summed E-state index contributed by atoms with van der Waals surface area (Å²) in [5.41, 5.74) is 0.847. The van der Waals surface area contributed by atoms with Gasteiger partial charge >= 0.3 is 0 Å². The highest BCUT2D eigenvalue weighted by Crippen LogP contribution is 2.28. The molecule has 2 aliphatic rings. The lowest BCUT2D eigenvalue weighted by atomic mass is 9.94. The van der Waals surface area contributed by atoms with Crippen LogP contribution >= 0.6 is 0 Å². The van der Waals surface area contributed by atoms with Crippen molar-refractivity contribution in [1.29, 1.82) is 0 Å². The zero-order chi connectivity index (χ0) is 20.1. The van der Waals surface area contributed by atoms with Crippen LogP contribution in [0.2, 0.25) is 0 Å². The molecular formula is C22H31N3O3. The summed E-state index contributed by atoms with van der Waals surface area (Å²) in [5.74, 6) is -0.139. The summed E-state index contributed by atoms with van der Waals surface area (Å²) >= 11 is 0.